The first kappa shape index (κ1) is 13.6. The zero-order valence-corrected chi connectivity index (χ0v) is 11.5. The second kappa shape index (κ2) is 5.41. The van der Waals surface area contributed by atoms with Crippen molar-refractivity contribution in [1.82, 2.24) is 10.3 Å². The van der Waals surface area contributed by atoms with Gasteiger partial charge in [-0.05, 0) is 38.2 Å². The van der Waals surface area contributed by atoms with Gasteiger partial charge in [0.1, 0.15) is 11.8 Å². The van der Waals surface area contributed by atoms with Gasteiger partial charge in [-0.25, -0.2) is 10.6 Å². The van der Waals surface area contributed by atoms with Crippen molar-refractivity contribution in [3.8, 4) is 0 Å². The van der Waals surface area contributed by atoms with Gasteiger partial charge in [0.05, 0.1) is 18.4 Å². The number of hydrogen-bond donors (Lipinski definition) is 2. The lowest BCUT2D eigenvalue weighted by molar-refractivity contribution is -0.139. The minimum atomic E-state index is -0.485. The van der Waals surface area contributed by atoms with E-state index in [1.54, 1.807) is 26.0 Å². The topological polar surface area (TPSA) is 80.7 Å². The van der Waals surface area contributed by atoms with Crippen molar-refractivity contribution in [3.05, 3.63) is 35.4 Å². The monoisotopic (exact) mass is 281 g/mol. The van der Waals surface area contributed by atoms with E-state index in [-0.39, 0.29) is 6.61 Å². The highest BCUT2D eigenvalue weighted by Crippen LogP contribution is 2.30. The van der Waals surface area contributed by atoms with E-state index >= 15 is 0 Å². The van der Waals surface area contributed by atoms with Crippen LogP contribution in [0, 0.1) is 0 Å². The number of rotatable bonds is 3. The maximum absolute atomic E-state index is 12.1. The van der Waals surface area contributed by atoms with Crippen LogP contribution in [-0.4, -0.2) is 22.7 Å². The fourth-order valence-corrected chi connectivity index (χ4v) is 2.15. The molecule has 0 aliphatic carbocycles. The van der Waals surface area contributed by atoms with Gasteiger partial charge < -0.3 is 14.5 Å². The average Bonchev–Trinajstić information content (AvgIpc) is 2.89. The summed E-state index contributed by atoms with van der Waals surface area (Å²) in [5.74, 6) is 5.94. The molecule has 0 fully saturated rings. The smallest absolute Gasteiger partial charge is 0.338 e. The second-order valence-corrected chi connectivity index (χ2v) is 4.37. The molecule has 0 spiro atoms. The van der Waals surface area contributed by atoms with Crippen LogP contribution < -0.4 is 11.2 Å². The molecule has 1 aromatic heterocycles. The molecule has 0 saturated heterocycles. The van der Waals surface area contributed by atoms with Gasteiger partial charge in [-0.3, -0.25) is 5.01 Å². The Balaban J connectivity index is 2.45. The summed E-state index contributed by atoms with van der Waals surface area (Å²) < 4.78 is 10.4. The van der Waals surface area contributed by atoms with Crippen molar-refractivity contribution in [3.63, 3.8) is 0 Å². The van der Waals surface area contributed by atoms with Gasteiger partial charge >= 0.3 is 5.97 Å². The number of thiocarbonyl (C=S) groups is 1. The van der Waals surface area contributed by atoms with E-state index in [2.05, 4.69) is 5.32 Å². The van der Waals surface area contributed by atoms with Crippen LogP contribution in [0.5, 0.6) is 0 Å². The van der Waals surface area contributed by atoms with E-state index in [0.717, 1.165) is 0 Å². The third-order valence-corrected chi connectivity index (χ3v) is 3.16. The number of nitrogens with one attached hydrogen (secondary N) is 1. The number of carbonyl (C=O) groups is 1. The first-order valence-corrected chi connectivity index (χ1v) is 6.23. The zero-order valence-electron chi connectivity index (χ0n) is 10.7. The van der Waals surface area contributed by atoms with Gasteiger partial charge in [0.25, 0.3) is 0 Å². The number of hydrogen-bond acceptors (Lipinski definition) is 5. The number of ether oxygens (including phenoxy) is 1. The number of hydrazine groups is 1. The molecule has 1 aliphatic rings. The number of nitrogens with two attached hydrogens (primary N) is 1. The van der Waals surface area contributed by atoms with Crippen molar-refractivity contribution in [2.24, 2.45) is 5.84 Å². The summed E-state index contributed by atoms with van der Waals surface area (Å²) in [6, 6.07) is 3.02. The molecule has 2 heterocycles. The number of allylic oxidation sites excluding steroid dienone is 1. The third kappa shape index (κ3) is 2.47. The lowest BCUT2D eigenvalue weighted by Gasteiger charge is -2.33. The van der Waals surface area contributed by atoms with E-state index < -0.39 is 12.0 Å². The minimum Gasteiger partial charge on any atom is -0.467 e. The van der Waals surface area contributed by atoms with Crippen LogP contribution in [0.25, 0.3) is 0 Å². The van der Waals surface area contributed by atoms with E-state index in [1.165, 1.54) is 11.3 Å². The molecule has 1 aromatic rings. The molecule has 0 saturated carbocycles. The first-order valence-electron chi connectivity index (χ1n) is 5.82. The normalized spacial score (nSPS) is 19.4. The van der Waals surface area contributed by atoms with E-state index in [9.17, 15) is 4.79 Å². The molecule has 102 valence electrons. The molecular formula is C12H15N3O3S. The maximum Gasteiger partial charge on any atom is 0.338 e. The highest BCUT2D eigenvalue weighted by molar-refractivity contribution is 7.80. The Morgan fingerprint density at radius 3 is 3.00 bits per heavy atom. The Bertz CT molecular complexity index is 524. The number of esters is 1. The highest BCUT2D eigenvalue weighted by atomic mass is 32.1. The fourth-order valence-electron chi connectivity index (χ4n) is 1.90. The summed E-state index contributed by atoms with van der Waals surface area (Å²) in [5, 5.41) is 4.55. The van der Waals surface area contributed by atoms with Crippen LogP contribution in [0.1, 0.15) is 25.6 Å². The molecule has 0 radical (unpaired) electrons. The van der Waals surface area contributed by atoms with Crippen LogP contribution in [-0.2, 0) is 9.53 Å². The van der Waals surface area contributed by atoms with Crippen molar-refractivity contribution in [2.45, 2.75) is 19.9 Å². The first-order chi connectivity index (χ1) is 9.06. The van der Waals surface area contributed by atoms with Gasteiger partial charge in [-0.2, -0.15) is 0 Å². The van der Waals surface area contributed by atoms with Crippen LogP contribution in [0.15, 0.2) is 34.1 Å². The summed E-state index contributed by atoms with van der Waals surface area (Å²) in [7, 11) is 0. The van der Waals surface area contributed by atoms with Crippen molar-refractivity contribution >= 4 is 23.3 Å². The average molecular weight is 281 g/mol. The van der Waals surface area contributed by atoms with Gasteiger partial charge in [-0.1, -0.05) is 0 Å². The molecule has 0 amide bonds. The van der Waals surface area contributed by atoms with Crippen LogP contribution >= 0.6 is 12.2 Å². The van der Waals surface area contributed by atoms with Crippen LogP contribution in [0.3, 0.4) is 0 Å². The predicted octanol–water partition coefficient (Wildman–Crippen LogP) is 1.22. The Morgan fingerprint density at radius 1 is 1.68 bits per heavy atom. The summed E-state index contributed by atoms with van der Waals surface area (Å²) in [4.78, 5) is 12.1. The summed E-state index contributed by atoms with van der Waals surface area (Å²) in [6.07, 6.45) is 1.53. The molecule has 1 aliphatic heterocycles. The van der Waals surface area contributed by atoms with Crippen molar-refractivity contribution in [2.75, 3.05) is 6.61 Å². The molecule has 19 heavy (non-hydrogen) atoms. The molecule has 6 nitrogen and oxygen atoms in total. The number of nitrogens with zero attached hydrogens (tertiary/aromatic N) is 1. The summed E-state index contributed by atoms with van der Waals surface area (Å²) in [6.45, 7) is 3.75. The molecule has 0 unspecified atom stereocenters. The van der Waals surface area contributed by atoms with Crippen molar-refractivity contribution < 1.29 is 13.9 Å². The SMILES string of the molecule is CCOC(=O)C1=C(C)N(N)C(=S)N[C@H]1c1ccco1. The van der Waals surface area contributed by atoms with Crippen LogP contribution in [0.2, 0.25) is 0 Å². The Kier molecular flexibility index (Phi) is 3.87. The lowest BCUT2D eigenvalue weighted by Crippen LogP contribution is -2.50. The minimum absolute atomic E-state index is 0.287. The van der Waals surface area contributed by atoms with E-state index in [1.807, 2.05) is 0 Å². The van der Waals surface area contributed by atoms with E-state index in [0.29, 0.717) is 22.1 Å². The Labute approximate surface area is 116 Å². The number of furan rings is 1. The molecule has 3 N–H and O–H groups in total. The third-order valence-electron chi connectivity index (χ3n) is 2.85. The fraction of sp³-hybridized carbons (Fsp3) is 0.333. The van der Waals surface area contributed by atoms with Gasteiger partial charge in [0.15, 0.2) is 5.11 Å². The van der Waals surface area contributed by atoms with Gasteiger partial charge in [0.2, 0.25) is 0 Å². The number of carbonyl (C=O) groups excluding carboxylic acids is 1. The van der Waals surface area contributed by atoms with Crippen molar-refractivity contribution in [1.29, 1.82) is 0 Å². The molecule has 2 rings (SSSR count). The highest BCUT2D eigenvalue weighted by Gasteiger charge is 2.35. The van der Waals surface area contributed by atoms with E-state index in [4.69, 9.17) is 27.2 Å². The Morgan fingerprint density at radius 2 is 2.42 bits per heavy atom. The standard InChI is InChI=1S/C12H15N3O3S/c1-3-17-11(16)9-7(2)15(13)12(19)14-10(9)8-5-4-6-18-8/h4-6,10H,3,13H2,1-2H3,(H,14,19)/t10-/m0/s1. The summed E-state index contributed by atoms with van der Waals surface area (Å²) in [5.41, 5.74) is 0.941. The second-order valence-electron chi connectivity index (χ2n) is 3.99. The van der Waals surface area contributed by atoms with Gasteiger partial charge in [0, 0.05) is 5.70 Å². The quantitative estimate of drug-likeness (QED) is 0.490. The maximum atomic E-state index is 12.1. The molecule has 0 aromatic carbocycles. The Hall–Kier alpha value is -1.86. The molecule has 7 heteroatoms. The molecular weight excluding hydrogens is 266 g/mol. The lowest BCUT2D eigenvalue weighted by atomic mass is 10.0. The predicted molar refractivity (Wildman–Crippen MR) is 72.5 cm³/mol. The molecule has 0 bridgehead atoms. The zero-order chi connectivity index (χ0) is 14.0. The van der Waals surface area contributed by atoms with Gasteiger partial charge in [-0.15, -0.1) is 0 Å². The largest absolute Gasteiger partial charge is 0.467 e. The molecule has 1 atom stereocenters. The summed E-state index contributed by atoms with van der Waals surface area (Å²) >= 11 is 5.12. The van der Waals surface area contributed by atoms with Crippen LogP contribution in [0.4, 0.5) is 0 Å².